The van der Waals surface area contributed by atoms with Crippen molar-refractivity contribution < 1.29 is 14.3 Å². The summed E-state index contributed by atoms with van der Waals surface area (Å²) in [6, 6.07) is 0. The molecule has 0 atom stereocenters. The predicted molar refractivity (Wildman–Crippen MR) is 64.4 cm³/mol. The Morgan fingerprint density at radius 3 is 2.74 bits per heavy atom. The van der Waals surface area contributed by atoms with Gasteiger partial charge in [-0.25, -0.2) is 19.7 Å². The lowest BCUT2D eigenvalue weighted by molar-refractivity contribution is 0.0587. The molecular formula is C10H12N6O3. The molecule has 2 aromatic rings. The average Bonchev–Trinajstić information content (AvgIpc) is 2.95. The van der Waals surface area contributed by atoms with Gasteiger partial charge in [-0.05, 0) is 0 Å². The molecule has 0 aliphatic rings. The third-order valence-electron chi connectivity index (χ3n) is 2.30. The number of nitrogens with one attached hydrogen (secondary N) is 1. The number of nitrogens with zero attached hydrogens (tertiary/aromatic N) is 5. The normalized spacial score (nSPS) is 10.1. The molecule has 19 heavy (non-hydrogen) atoms. The second kappa shape index (κ2) is 5.29. The van der Waals surface area contributed by atoms with Crippen molar-refractivity contribution in [2.24, 2.45) is 0 Å². The standard InChI is InChI=1S/C10H12N6O3/c1-11-7-6(18-2)9(13-4-12-7)16-5-14-8(15-16)10(17)19-3/h4-5H,1-3H3,(H,11,12,13). The number of hydrogen-bond donors (Lipinski definition) is 1. The molecule has 2 rings (SSSR count). The van der Waals surface area contributed by atoms with Crippen LogP contribution in [0.5, 0.6) is 5.75 Å². The molecule has 0 aliphatic carbocycles. The third-order valence-corrected chi connectivity index (χ3v) is 2.30. The first-order chi connectivity index (χ1) is 9.21. The predicted octanol–water partition coefficient (Wildman–Crippen LogP) is -0.106. The molecule has 100 valence electrons. The van der Waals surface area contributed by atoms with Crippen molar-refractivity contribution in [1.82, 2.24) is 24.7 Å². The van der Waals surface area contributed by atoms with Crippen LogP contribution in [0.4, 0.5) is 5.82 Å². The molecule has 0 amide bonds. The van der Waals surface area contributed by atoms with Crippen LogP contribution in [0.25, 0.3) is 5.82 Å². The van der Waals surface area contributed by atoms with Crippen LogP contribution in [0.2, 0.25) is 0 Å². The van der Waals surface area contributed by atoms with Crippen LogP contribution in [0.15, 0.2) is 12.7 Å². The van der Waals surface area contributed by atoms with Crippen molar-refractivity contribution in [2.45, 2.75) is 0 Å². The number of carbonyl (C=O) groups is 1. The summed E-state index contributed by atoms with van der Waals surface area (Å²) >= 11 is 0. The molecule has 2 heterocycles. The Bertz CT molecular complexity index is 597. The first-order valence-corrected chi connectivity index (χ1v) is 5.28. The van der Waals surface area contributed by atoms with E-state index in [1.54, 1.807) is 7.05 Å². The number of esters is 1. The zero-order chi connectivity index (χ0) is 13.8. The summed E-state index contributed by atoms with van der Waals surface area (Å²) in [6.45, 7) is 0. The van der Waals surface area contributed by atoms with Crippen LogP contribution in [-0.2, 0) is 4.74 Å². The Morgan fingerprint density at radius 1 is 1.32 bits per heavy atom. The largest absolute Gasteiger partial charge is 0.490 e. The van der Waals surface area contributed by atoms with Gasteiger partial charge < -0.3 is 14.8 Å². The smallest absolute Gasteiger partial charge is 0.377 e. The highest BCUT2D eigenvalue weighted by atomic mass is 16.5. The molecule has 0 saturated carbocycles. The maximum atomic E-state index is 11.3. The molecule has 2 aromatic heterocycles. The van der Waals surface area contributed by atoms with Gasteiger partial charge in [-0.15, -0.1) is 5.10 Å². The van der Waals surface area contributed by atoms with Crippen LogP contribution in [0.1, 0.15) is 10.6 Å². The van der Waals surface area contributed by atoms with E-state index in [9.17, 15) is 4.79 Å². The minimum Gasteiger partial charge on any atom is -0.490 e. The molecule has 0 bridgehead atoms. The molecule has 9 nitrogen and oxygen atoms in total. The lowest BCUT2D eigenvalue weighted by Gasteiger charge is -2.09. The van der Waals surface area contributed by atoms with Gasteiger partial charge in [0.25, 0.3) is 5.82 Å². The number of aromatic nitrogens is 5. The fourth-order valence-corrected chi connectivity index (χ4v) is 1.44. The molecule has 1 N–H and O–H groups in total. The van der Waals surface area contributed by atoms with Crippen molar-refractivity contribution >= 4 is 11.8 Å². The van der Waals surface area contributed by atoms with E-state index >= 15 is 0 Å². The monoisotopic (exact) mass is 264 g/mol. The average molecular weight is 264 g/mol. The van der Waals surface area contributed by atoms with Crippen molar-refractivity contribution in [1.29, 1.82) is 0 Å². The zero-order valence-electron chi connectivity index (χ0n) is 10.6. The topological polar surface area (TPSA) is 104 Å². The highest BCUT2D eigenvalue weighted by Gasteiger charge is 2.17. The van der Waals surface area contributed by atoms with Gasteiger partial charge in [0, 0.05) is 7.05 Å². The highest BCUT2D eigenvalue weighted by Crippen LogP contribution is 2.26. The Kier molecular flexibility index (Phi) is 3.55. The number of hydrogen-bond acceptors (Lipinski definition) is 8. The number of anilines is 1. The van der Waals surface area contributed by atoms with E-state index in [0.717, 1.165) is 0 Å². The summed E-state index contributed by atoms with van der Waals surface area (Å²) in [5.41, 5.74) is 0. The second-order valence-corrected chi connectivity index (χ2v) is 3.33. The number of carbonyl (C=O) groups excluding carboxylic acids is 1. The first-order valence-electron chi connectivity index (χ1n) is 5.28. The highest BCUT2D eigenvalue weighted by molar-refractivity contribution is 5.84. The fraction of sp³-hybridized carbons (Fsp3) is 0.300. The Hall–Kier alpha value is -2.71. The molecule has 0 radical (unpaired) electrons. The van der Waals surface area contributed by atoms with Crippen LogP contribution in [-0.4, -0.2) is 52.0 Å². The molecule has 0 spiro atoms. The van der Waals surface area contributed by atoms with Crippen molar-refractivity contribution in [3.05, 3.63) is 18.5 Å². The van der Waals surface area contributed by atoms with E-state index in [0.29, 0.717) is 17.4 Å². The number of ether oxygens (including phenoxy) is 2. The second-order valence-electron chi connectivity index (χ2n) is 3.33. The Morgan fingerprint density at radius 2 is 2.11 bits per heavy atom. The first kappa shape index (κ1) is 12.7. The fourth-order valence-electron chi connectivity index (χ4n) is 1.44. The summed E-state index contributed by atoms with van der Waals surface area (Å²) in [7, 11) is 4.45. The van der Waals surface area contributed by atoms with Gasteiger partial charge in [-0.2, -0.15) is 4.68 Å². The Balaban J connectivity index is 2.47. The molecular weight excluding hydrogens is 252 g/mol. The van der Waals surface area contributed by atoms with Gasteiger partial charge in [0.15, 0.2) is 5.82 Å². The zero-order valence-corrected chi connectivity index (χ0v) is 10.6. The maximum Gasteiger partial charge on any atom is 0.377 e. The minimum atomic E-state index is -0.624. The molecule has 0 unspecified atom stereocenters. The van der Waals surface area contributed by atoms with Crippen molar-refractivity contribution in [3.8, 4) is 11.6 Å². The number of rotatable bonds is 4. The van der Waals surface area contributed by atoms with E-state index in [-0.39, 0.29) is 5.82 Å². The van der Waals surface area contributed by atoms with E-state index in [1.807, 2.05) is 0 Å². The van der Waals surface area contributed by atoms with Crippen LogP contribution < -0.4 is 10.1 Å². The summed E-state index contributed by atoms with van der Waals surface area (Å²) in [6.07, 6.45) is 2.69. The van der Waals surface area contributed by atoms with Crippen LogP contribution in [0, 0.1) is 0 Å². The van der Waals surface area contributed by atoms with E-state index in [1.165, 1.54) is 31.6 Å². The summed E-state index contributed by atoms with van der Waals surface area (Å²) in [5.74, 6) is 0.577. The minimum absolute atomic E-state index is 0.0610. The maximum absolute atomic E-state index is 11.3. The third kappa shape index (κ3) is 2.30. The molecule has 0 aliphatic heterocycles. The van der Waals surface area contributed by atoms with Crippen molar-refractivity contribution in [3.63, 3.8) is 0 Å². The molecule has 0 fully saturated rings. The van der Waals surface area contributed by atoms with Gasteiger partial charge in [-0.3, -0.25) is 0 Å². The summed E-state index contributed by atoms with van der Waals surface area (Å²) < 4.78 is 11.1. The van der Waals surface area contributed by atoms with Crippen LogP contribution in [0.3, 0.4) is 0 Å². The van der Waals surface area contributed by atoms with E-state index < -0.39 is 5.97 Å². The lowest BCUT2D eigenvalue weighted by Crippen LogP contribution is -2.08. The lowest BCUT2D eigenvalue weighted by atomic mass is 10.4. The SMILES string of the molecule is CNc1ncnc(-n2cnc(C(=O)OC)n2)c1OC. The number of methoxy groups -OCH3 is 2. The molecule has 9 heteroatoms. The van der Waals surface area contributed by atoms with Gasteiger partial charge in [0.05, 0.1) is 14.2 Å². The van der Waals surface area contributed by atoms with Crippen molar-refractivity contribution in [2.75, 3.05) is 26.6 Å². The van der Waals surface area contributed by atoms with E-state index in [2.05, 4.69) is 30.1 Å². The molecule has 0 aromatic carbocycles. The van der Waals surface area contributed by atoms with E-state index in [4.69, 9.17) is 4.74 Å². The summed E-state index contributed by atoms with van der Waals surface area (Å²) in [5, 5.41) is 6.84. The van der Waals surface area contributed by atoms with Gasteiger partial charge in [0.2, 0.25) is 11.6 Å². The van der Waals surface area contributed by atoms with Gasteiger partial charge >= 0.3 is 5.97 Å². The van der Waals surface area contributed by atoms with Gasteiger partial charge in [0.1, 0.15) is 12.7 Å². The summed E-state index contributed by atoms with van der Waals surface area (Å²) in [4.78, 5) is 23.2. The Labute approximate surface area is 108 Å². The van der Waals surface area contributed by atoms with Gasteiger partial charge in [-0.1, -0.05) is 0 Å². The van der Waals surface area contributed by atoms with Crippen LogP contribution >= 0.6 is 0 Å². The molecule has 0 saturated heterocycles. The quantitative estimate of drug-likeness (QED) is 0.763.